The summed E-state index contributed by atoms with van der Waals surface area (Å²) in [6.07, 6.45) is 0. The maximum absolute atomic E-state index is 2.45. The molecule has 0 saturated heterocycles. The van der Waals surface area contributed by atoms with Crippen LogP contribution < -0.4 is 0 Å². The predicted molar refractivity (Wildman–Crippen MR) is 233 cm³/mol. The summed E-state index contributed by atoms with van der Waals surface area (Å²) in [4.78, 5) is 0. The van der Waals surface area contributed by atoms with Crippen LogP contribution in [0, 0.1) is 0 Å². The average Bonchev–Trinajstić information content (AvgIpc) is 3.25. The quantitative estimate of drug-likeness (QED) is 0.162. The van der Waals surface area contributed by atoms with Gasteiger partial charge in [0.25, 0.3) is 0 Å². The van der Waals surface area contributed by atoms with Crippen molar-refractivity contribution in [3.8, 4) is 44.5 Å². The highest BCUT2D eigenvalue weighted by Crippen LogP contribution is 2.44. The van der Waals surface area contributed by atoms with Crippen LogP contribution in [0.25, 0.3) is 109 Å². The second-order valence-electron chi connectivity index (χ2n) is 14.5. The molecule has 0 aliphatic carbocycles. The molecule has 0 N–H and O–H groups in total. The Labute approximate surface area is 314 Å². The van der Waals surface area contributed by atoms with Gasteiger partial charge in [0.2, 0.25) is 0 Å². The third kappa shape index (κ3) is 5.07. The van der Waals surface area contributed by atoms with Gasteiger partial charge in [0, 0.05) is 0 Å². The lowest BCUT2D eigenvalue weighted by Gasteiger charge is -2.17. The summed E-state index contributed by atoms with van der Waals surface area (Å²) >= 11 is 0. The molecule has 54 heavy (non-hydrogen) atoms. The van der Waals surface area contributed by atoms with Crippen molar-refractivity contribution < 1.29 is 0 Å². The van der Waals surface area contributed by atoms with Gasteiger partial charge < -0.3 is 0 Å². The Morgan fingerprint density at radius 3 is 1.17 bits per heavy atom. The highest BCUT2D eigenvalue weighted by molar-refractivity contribution is 6.24. The van der Waals surface area contributed by atoms with Crippen molar-refractivity contribution in [2.24, 2.45) is 0 Å². The van der Waals surface area contributed by atoms with Gasteiger partial charge in [0.05, 0.1) is 0 Å². The van der Waals surface area contributed by atoms with E-state index >= 15 is 0 Å². The van der Waals surface area contributed by atoms with Crippen LogP contribution in [0.2, 0.25) is 0 Å². The summed E-state index contributed by atoms with van der Waals surface area (Å²) in [5.41, 5.74) is 9.89. The SMILES string of the molecule is c1ccc(-c2ccc3cc(-c4ccc5c(-c6ccc7ccccc7c6)cc6c7ccccc7c(-c7ccc8ccccc8c7)cc6c5c4)ccc3c2)cc1. The molecule has 0 heteroatoms. The summed E-state index contributed by atoms with van der Waals surface area (Å²) in [5, 5.41) is 15.1. The minimum Gasteiger partial charge on any atom is -0.0622 e. The first-order valence-corrected chi connectivity index (χ1v) is 18.7. The Morgan fingerprint density at radius 1 is 0.167 bits per heavy atom. The van der Waals surface area contributed by atoms with Crippen molar-refractivity contribution >= 4 is 64.6 Å². The van der Waals surface area contributed by atoms with Crippen LogP contribution in [0.1, 0.15) is 0 Å². The molecule has 11 rings (SSSR count). The number of hydrogen-bond donors (Lipinski definition) is 0. The monoisotopic (exact) mass is 682 g/mol. The van der Waals surface area contributed by atoms with Crippen molar-refractivity contribution in [2.45, 2.75) is 0 Å². The number of hydrogen-bond acceptors (Lipinski definition) is 0. The van der Waals surface area contributed by atoms with E-state index in [4.69, 9.17) is 0 Å². The Balaban J connectivity index is 1.17. The first-order chi connectivity index (χ1) is 26.7. The molecule has 0 nitrogen and oxygen atoms in total. The summed E-state index contributed by atoms with van der Waals surface area (Å²) in [7, 11) is 0. The van der Waals surface area contributed by atoms with Gasteiger partial charge in [-0.3, -0.25) is 0 Å². The van der Waals surface area contributed by atoms with E-state index < -0.39 is 0 Å². The Hall–Kier alpha value is -7.02. The summed E-state index contributed by atoms with van der Waals surface area (Å²) < 4.78 is 0. The molecule has 0 aromatic heterocycles. The largest absolute Gasteiger partial charge is 0.0622 e. The van der Waals surface area contributed by atoms with E-state index in [1.54, 1.807) is 0 Å². The number of benzene rings is 11. The van der Waals surface area contributed by atoms with Gasteiger partial charge in [-0.1, -0.05) is 164 Å². The zero-order valence-electron chi connectivity index (χ0n) is 29.6. The van der Waals surface area contributed by atoms with E-state index in [9.17, 15) is 0 Å². The van der Waals surface area contributed by atoms with E-state index in [2.05, 4.69) is 206 Å². The van der Waals surface area contributed by atoms with E-state index in [0.717, 1.165) is 0 Å². The van der Waals surface area contributed by atoms with E-state index in [1.165, 1.54) is 109 Å². The number of rotatable bonds is 4. The van der Waals surface area contributed by atoms with Gasteiger partial charge in [0.1, 0.15) is 0 Å². The Morgan fingerprint density at radius 2 is 0.537 bits per heavy atom. The van der Waals surface area contributed by atoms with Crippen LogP contribution in [-0.2, 0) is 0 Å². The molecule has 0 fully saturated rings. The molecule has 0 spiro atoms. The third-order valence-corrected chi connectivity index (χ3v) is 11.4. The molecule has 0 heterocycles. The lowest BCUT2D eigenvalue weighted by Crippen LogP contribution is -1.90. The molecule has 0 aliphatic heterocycles. The second-order valence-corrected chi connectivity index (χ2v) is 14.5. The minimum absolute atomic E-state index is 1.22. The van der Waals surface area contributed by atoms with Crippen LogP contribution in [0.3, 0.4) is 0 Å². The topological polar surface area (TPSA) is 0 Å². The molecule has 11 aromatic rings. The standard InChI is InChI=1S/C54H34/c1-2-10-35(11-3-1)40-20-21-42-29-43(23-22-41(42)28-40)44-26-27-49-51(46-25-19-37-13-5-7-15-39(37)31-46)33-53-48-17-9-8-16-47(48)50(34-54(53)52(49)32-44)45-24-18-36-12-4-6-14-38(36)30-45/h1-34H. The first-order valence-electron chi connectivity index (χ1n) is 18.7. The maximum Gasteiger partial charge on any atom is -0.00921 e. The zero-order valence-corrected chi connectivity index (χ0v) is 29.6. The number of fused-ring (bicyclic) bond motifs is 8. The minimum atomic E-state index is 1.22. The first kappa shape index (κ1) is 30.6. The van der Waals surface area contributed by atoms with Gasteiger partial charge >= 0.3 is 0 Å². The summed E-state index contributed by atoms with van der Waals surface area (Å²) in [6.45, 7) is 0. The molecule has 0 amide bonds. The Bertz CT molecular complexity index is 3260. The van der Waals surface area contributed by atoms with Gasteiger partial charge in [-0.05, 0) is 152 Å². The van der Waals surface area contributed by atoms with Crippen molar-refractivity contribution in [1.29, 1.82) is 0 Å². The van der Waals surface area contributed by atoms with Crippen LogP contribution >= 0.6 is 0 Å². The van der Waals surface area contributed by atoms with Gasteiger partial charge in [-0.15, -0.1) is 0 Å². The fourth-order valence-electron chi connectivity index (χ4n) is 8.61. The lowest BCUT2D eigenvalue weighted by molar-refractivity contribution is 1.63. The molecular formula is C54H34. The molecule has 0 aliphatic rings. The van der Waals surface area contributed by atoms with Gasteiger partial charge in [0.15, 0.2) is 0 Å². The third-order valence-electron chi connectivity index (χ3n) is 11.4. The van der Waals surface area contributed by atoms with Crippen LogP contribution in [0.4, 0.5) is 0 Å². The van der Waals surface area contributed by atoms with Crippen molar-refractivity contribution in [2.75, 3.05) is 0 Å². The summed E-state index contributed by atoms with van der Waals surface area (Å²) in [5.74, 6) is 0. The van der Waals surface area contributed by atoms with Crippen molar-refractivity contribution in [1.82, 2.24) is 0 Å². The van der Waals surface area contributed by atoms with Crippen LogP contribution in [-0.4, -0.2) is 0 Å². The van der Waals surface area contributed by atoms with Crippen LogP contribution in [0.5, 0.6) is 0 Å². The molecule has 11 aromatic carbocycles. The normalized spacial score (nSPS) is 11.7. The molecule has 0 radical (unpaired) electrons. The second kappa shape index (κ2) is 12.3. The maximum atomic E-state index is 2.45. The fraction of sp³-hybridized carbons (Fsp3) is 0. The van der Waals surface area contributed by atoms with E-state index in [1.807, 2.05) is 0 Å². The van der Waals surface area contributed by atoms with Gasteiger partial charge in [-0.25, -0.2) is 0 Å². The van der Waals surface area contributed by atoms with E-state index in [-0.39, 0.29) is 0 Å². The highest BCUT2D eigenvalue weighted by atomic mass is 14.2. The fourth-order valence-corrected chi connectivity index (χ4v) is 8.61. The van der Waals surface area contributed by atoms with E-state index in [0.29, 0.717) is 0 Å². The zero-order chi connectivity index (χ0) is 35.6. The molecule has 0 saturated carbocycles. The smallest absolute Gasteiger partial charge is 0.00921 e. The average molecular weight is 683 g/mol. The van der Waals surface area contributed by atoms with Crippen LogP contribution in [0.15, 0.2) is 206 Å². The summed E-state index contributed by atoms with van der Waals surface area (Å²) in [6, 6.07) is 76.3. The molecule has 0 unspecified atom stereocenters. The molecule has 0 atom stereocenters. The predicted octanol–water partition coefficient (Wildman–Crippen LogP) is 15.3. The van der Waals surface area contributed by atoms with Crippen molar-refractivity contribution in [3.05, 3.63) is 206 Å². The molecular weight excluding hydrogens is 649 g/mol. The highest BCUT2D eigenvalue weighted by Gasteiger charge is 2.16. The van der Waals surface area contributed by atoms with Crippen molar-refractivity contribution in [3.63, 3.8) is 0 Å². The Kier molecular flexibility index (Phi) is 6.97. The van der Waals surface area contributed by atoms with Gasteiger partial charge in [-0.2, -0.15) is 0 Å². The lowest BCUT2D eigenvalue weighted by atomic mass is 9.86. The molecule has 0 bridgehead atoms. The molecule has 250 valence electrons.